The first kappa shape index (κ1) is 16.9. The lowest BCUT2D eigenvalue weighted by Crippen LogP contribution is -2.59. The van der Waals surface area contributed by atoms with Crippen molar-refractivity contribution < 1.29 is 23.4 Å². The van der Waals surface area contributed by atoms with Crippen LogP contribution in [0.2, 0.25) is 0 Å². The summed E-state index contributed by atoms with van der Waals surface area (Å²) in [6, 6.07) is 8.39. The first-order chi connectivity index (χ1) is 10.8. The predicted octanol–water partition coefficient (Wildman–Crippen LogP) is 0.742. The first-order valence-corrected chi connectivity index (χ1v) is 9.29. The van der Waals surface area contributed by atoms with Crippen LogP contribution in [0.25, 0.3) is 0 Å². The molecular formula is C16H23NO5S. The van der Waals surface area contributed by atoms with Crippen molar-refractivity contribution in [3.63, 3.8) is 0 Å². The van der Waals surface area contributed by atoms with Crippen LogP contribution >= 0.6 is 0 Å². The van der Waals surface area contributed by atoms with E-state index in [0.29, 0.717) is 37.2 Å². The number of ether oxygens (including phenoxy) is 1. The Morgan fingerprint density at radius 3 is 2.39 bits per heavy atom. The molecule has 7 heteroatoms. The smallest absolute Gasteiger partial charge is 0.243 e. The minimum absolute atomic E-state index is 0.0818. The number of aliphatic hydroxyl groups excluding tert-OH is 1. The molecule has 2 saturated heterocycles. The van der Waals surface area contributed by atoms with Gasteiger partial charge in [-0.3, -0.25) is 0 Å². The molecule has 3 rings (SSSR count). The fourth-order valence-electron chi connectivity index (χ4n) is 3.45. The maximum Gasteiger partial charge on any atom is 0.243 e. The summed E-state index contributed by atoms with van der Waals surface area (Å²) in [6.07, 6.45) is 0.448. The summed E-state index contributed by atoms with van der Waals surface area (Å²) in [5, 5.41) is 20.1. The summed E-state index contributed by atoms with van der Waals surface area (Å²) < 4.78 is 32.5. The highest BCUT2D eigenvalue weighted by molar-refractivity contribution is 7.89. The van der Waals surface area contributed by atoms with Crippen LogP contribution in [0.15, 0.2) is 35.2 Å². The normalized spacial score (nSPS) is 32.0. The molecule has 1 aromatic rings. The third-order valence-corrected chi connectivity index (χ3v) is 6.87. The van der Waals surface area contributed by atoms with Crippen LogP contribution in [0, 0.1) is 0 Å². The number of benzene rings is 1. The van der Waals surface area contributed by atoms with Crippen molar-refractivity contribution in [2.45, 2.75) is 48.4 Å². The maximum absolute atomic E-state index is 12.6. The summed E-state index contributed by atoms with van der Waals surface area (Å²) in [6.45, 7) is 2.39. The van der Waals surface area contributed by atoms with E-state index < -0.39 is 27.3 Å². The third-order valence-electron chi connectivity index (χ3n) is 4.96. The lowest BCUT2D eigenvalue weighted by molar-refractivity contribution is -0.220. The van der Waals surface area contributed by atoms with Crippen LogP contribution in [0.3, 0.4) is 0 Å². The summed E-state index contributed by atoms with van der Waals surface area (Å²) >= 11 is 0. The van der Waals surface area contributed by atoms with E-state index in [2.05, 4.69) is 0 Å². The maximum atomic E-state index is 12.6. The number of rotatable bonds is 2. The van der Waals surface area contributed by atoms with Gasteiger partial charge in [-0.15, -0.1) is 0 Å². The predicted molar refractivity (Wildman–Crippen MR) is 84.4 cm³/mol. The number of sulfonamides is 1. The number of hydrogen-bond acceptors (Lipinski definition) is 5. The second-order valence-electron chi connectivity index (χ2n) is 6.76. The molecule has 0 aliphatic carbocycles. The van der Waals surface area contributed by atoms with Gasteiger partial charge in [-0.1, -0.05) is 18.2 Å². The number of aliphatic hydroxyl groups is 2. The van der Waals surface area contributed by atoms with E-state index in [-0.39, 0.29) is 6.61 Å². The van der Waals surface area contributed by atoms with E-state index in [0.717, 1.165) is 0 Å². The molecule has 1 spiro atoms. The summed E-state index contributed by atoms with van der Waals surface area (Å²) in [7, 11) is -3.49. The van der Waals surface area contributed by atoms with Crippen molar-refractivity contribution in [3.05, 3.63) is 30.3 Å². The van der Waals surface area contributed by atoms with Crippen LogP contribution in [0.4, 0.5) is 0 Å². The van der Waals surface area contributed by atoms with Gasteiger partial charge in [0, 0.05) is 19.5 Å². The summed E-state index contributed by atoms with van der Waals surface area (Å²) in [4.78, 5) is 0.294. The molecule has 2 aliphatic rings. The Kier molecular flexibility index (Phi) is 4.27. The Hall–Kier alpha value is -0.990. The standard InChI is InChI=1S/C16H23NO5S/c1-15(19)12-16(22-11-14(15)18)7-9-17(10-8-16)23(20,21)13-5-3-2-4-6-13/h2-6,14,18-19H,7-12H2,1H3/t14-,15-/m0/s1. The van der Waals surface area contributed by atoms with Crippen LogP contribution in [-0.2, 0) is 14.8 Å². The molecule has 2 fully saturated rings. The first-order valence-electron chi connectivity index (χ1n) is 7.85. The zero-order chi connectivity index (χ0) is 16.7. The molecule has 0 amide bonds. The van der Waals surface area contributed by atoms with E-state index in [1.807, 2.05) is 0 Å². The summed E-state index contributed by atoms with van der Waals surface area (Å²) in [5.74, 6) is 0. The molecule has 0 aromatic heterocycles. The highest BCUT2D eigenvalue weighted by atomic mass is 32.2. The van der Waals surface area contributed by atoms with Gasteiger partial charge >= 0.3 is 0 Å². The topological polar surface area (TPSA) is 87.1 Å². The minimum Gasteiger partial charge on any atom is -0.388 e. The number of piperidine rings is 1. The van der Waals surface area contributed by atoms with Gasteiger partial charge in [0.15, 0.2) is 0 Å². The van der Waals surface area contributed by atoms with Crippen LogP contribution < -0.4 is 0 Å². The van der Waals surface area contributed by atoms with Crippen molar-refractivity contribution in [3.8, 4) is 0 Å². The number of hydrogen-bond donors (Lipinski definition) is 2. The Labute approximate surface area is 136 Å². The molecule has 0 saturated carbocycles. The Balaban J connectivity index is 1.72. The van der Waals surface area contributed by atoms with Gasteiger partial charge in [-0.25, -0.2) is 8.42 Å². The Morgan fingerprint density at radius 2 is 1.83 bits per heavy atom. The molecular weight excluding hydrogens is 318 g/mol. The van der Waals surface area contributed by atoms with Gasteiger partial charge < -0.3 is 14.9 Å². The molecule has 128 valence electrons. The summed E-state index contributed by atoms with van der Waals surface area (Å²) in [5.41, 5.74) is -1.75. The van der Waals surface area contributed by atoms with Gasteiger partial charge in [0.25, 0.3) is 0 Å². The third kappa shape index (κ3) is 3.16. The molecule has 0 bridgehead atoms. The van der Waals surface area contributed by atoms with E-state index in [1.54, 1.807) is 37.3 Å². The quantitative estimate of drug-likeness (QED) is 0.829. The largest absolute Gasteiger partial charge is 0.388 e. The zero-order valence-corrected chi connectivity index (χ0v) is 14.0. The highest BCUT2D eigenvalue weighted by Crippen LogP contribution is 2.40. The average Bonchev–Trinajstić information content (AvgIpc) is 2.52. The monoisotopic (exact) mass is 341 g/mol. The molecule has 2 aliphatic heterocycles. The van der Waals surface area contributed by atoms with Crippen molar-refractivity contribution >= 4 is 10.0 Å². The van der Waals surface area contributed by atoms with Gasteiger partial charge in [-0.2, -0.15) is 4.31 Å². The van der Waals surface area contributed by atoms with Crippen molar-refractivity contribution in [2.24, 2.45) is 0 Å². The van der Waals surface area contributed by atoms with Crippen molar-refractivity contribution in [1.82, 2.24) is 4.31 Å². The Bertz CT molecular complexity index is 650. The van der Waals surface area contributed by atoms with Crippen LogP contribution in [0.1, 0.15) is 26.2 Å². The molecule has 23 heavy (non-hydrogen) atoms. The SMILES string of the molecule is C[C@]1(O)CC2(CCN(S(=O)(=O)c3ccccc3)CC2)OC[C@@H]1O. The fraction of sp³-hybridized carbons (Fsp3) is 0.625. The molecule has 2 N–H and O–H groups in total. The zero-order valence-electron chi connectivity index (χ0n) is 13.2. The van der Waals surface area contributed by atoms with Gasteiger partial charge in [0.1, 0.15) is 6.10 Å². The molecule has 6 nitrogen and oxygen atoms in total. The lowest BCUT2D eigenvalue weighted by Gasteiger charge is -2.49. The second-order valence-corrected chi connectivity index (χ2v) is 8.70. The molecule has 1 aromatic carbocycles. The van der Waals surface area contributed by atoms with Crippen molar-refractivity contribution in [2.75, 3.05) is 19.7 Å². The van der Waals surface area contributed by atoms with E-state index in [1.165, 1.54) is 4.31 Å². The number of nitrogens with zero attached hydrogens (tertiary/aromatic N) is 1. The van der Waals surface area contributed by atoms with Gasteiger partial charge in [0.05, 0.1) is 22.7 Å². The second kappa shape index (κ2) is 5.82. The molecule has 2 heterocycles. The van der Waals surface area contributed by atoms with E-state index in [4.69, 9.17) is 4.74 Å². The molecule has 0 radical (unpaired) electrons. The minimum atomic E-state index is -3.49. The van der Waals surface area contributed by atoms with E-state index in [9.17, 15) is 18.6 Å². The average molecular weight is 341 g/mol. The van der Waals surface area contributed by atoms with Gasteiger partial charge in [-0.05, 0) is 31.9 Å². The van der Waals surface area contributed by atoms with Crippen LogP contribution in [0.5, 0.6) is 0 Å². The lowest BCUT2D eigenvalue weighted by atomic mass is 9.77. The highest BCUT2D eigenvalue weighted by Gasteiger charge is 2.49. The molecule has 0 unspecified atom stereocenters. The fourth-order valence-corrected chi connectivity index (χ4v) is 4.92. The van der Waals surface area contributed by atoms with Crippen molar-refractivity contribution in [1.29, 1.82) is 0 Å². The Morgan fingerprint density at radius 1 is 1.22 bits per heavy atom. The van der Waals surface area contributed by atoms with Crippen LogP contribution in [-0.4, -0.2) is 59.9 Å². The molecule has 2 atom stereocenters. The van der Waals surface area contributed by atoms with E-state index >= 15 is 0 Å². The van der Waals surface area contributed by atoms with Gasteiger partial charge in [0.2, 0.25) is 10.0 Å².